The predicted molar refractivity (Wildman–Crippen MR) is 71.7 cm³/mol. The van der Waals surface area contributed by atoms with E-state index in [0.29, 0.717) is 18.8 Å². The van der Waals surface area contributed by atoms with E-state index in [1.807, 2.05) is 19.6 Å². The molecule has 1 aromatic rings. The summed E-state index contributed by atoms with van der Waals surface area (Å²) in [5.41, 5.74) is 0.379. The summed E-state index contributed by atoms with van der Waals surface area (Å²) in [7, 11) is -2.08. The van der Waals surface area contributed by atoms with Gasteiger partial charge >= 0.3 is 0 Å². The molecule has 0 radical (unpaired) electrons. The predicted octanol–water partition coefficient (Wildman–Crippen LogP) is 3.32. The van der Waals surface area contributed by atoms with Crippen molar-refractivity contribution in [3.63, 3.8) is 0 Å². The summed E-state index contributed by atoms with van der Waals surface area (Å²) in [5, 5.41) is 0.205. The van der Waals surface area contributed by atoms with Crippen molar-refractivity contribution < 1.29 is 18.3 Å². The molecule has 0 unspecified atom stereocenters. The molecular weight excluding hydrogens is 322 g/mol. The summed E-state index contributed by atoms with van der Waals surface area (Å²) >= 11 is 3.19. The first-order valence-electron chi connectivity index (χ1n) is 5.73. The largest absolute Gasteiger partial charge is 0.346 e. The lowest BCUT2D eigenvalue weighted by molar-refractivity contribution is -0.0450. The van der Waals surface area contributed by atoms with Gasteiger partial charge in [-0.2, -0.15) is 0 Å². The SMILES string of the molecule is C[Si](C)(C)c1c(F)cc(C2OCCO2)c(Br)c1F. The van der Waals surface area contributed by atoms with Crippen LogP contribution in [0, 0.1) is 11.6 Å². The number of benzene rings is 1. The van der Waals surface area contributed by atoms with Crippen molar-refractivity contribution in [2.45, 2.75) is 25.9 Å². The highest BCUT2D eigenvalue weighted by atomic mass is 79.9. The van der Waals surface area contributed by atoms with Gasteiger partial charge in [0.1, 0.15) is 11.6 Å². The van der Waals surface area contributed by atoms with Gasteiger partial charge in [0, 0.05) is 10.8 Å². The van der Waals surface area contributed by atoms with Gasteiger partial charge in [0.15, 0.2) is 6.29 Å². The molecule has 0 aromatic heterocycles. The van der Waals surface area contributed by atoms with Crippen LogP contribution in [0.1, 0.15) is 11.9 Å². The molecule has 1 aliphatic heterocycles. The molecule has 1 fully saturated rings. The molecular formula is C12H15BrF2O2Si. The number of ether oxygens (including phenoxy) is 2. The first kappa shape index (κ1) is 14.1. The molecule has 2 nitrogen and oxygen atoms in total. The molecule has 2 rings (SSSR count). The molecule has 0 aliphatic carbocycles. The number of hydrogen-bond acceptors (Lipinski definition) is 2. The van der Waals surface area contributed by atoms with Crippen LogP contribution >= 0.6 is 15.9 Å². The van der Waals surface area contributed by atoms with E-state index >= 15 is 0 Å². The van der Waals surface area contributed by atoms with E-state index in [1.165, 1.54) is 6.07 Å². The summed E-state index contributed by atoms with van der Waals surface area (Å²) in [6.45, 7) is 6.60. The van der Waals surface area contributed by atoms with Crippen LogP contribution in [0.4, 0.5) is 8.78 Å². The Morgan fingerprint density at radius 3 is 2.28 bits per heavy atom. The maximum atomic E-state index is 14.3. The van der Waals surface area contributed by atoms with Gasteiger partial charge in [-0.15, -0.1) is 0 Å². The molecule has 0 amide bonds. The lowest BCUT2D eigenvalue weighted by atomic mass is 10.2. The monoisotopic (exact) mass is 336 g/mol. The Morgan fingerprint density at radius 1 is 1.22 bits per heavy atom. The molecule has 6 heteroatoms. The van der Waals surface area contributed by atoms with Crippen LogP contribution < -0.4 is 5.19 Å². The first-order valence-corrected chi connectivity index (χ1v) is 10.0. The highest BCUT2D eigenvalue weighted by molar-refractivity contribution is 9.10. The molecule has 1 heterocycles. The normalized spacial score (nSPS) is 17.4. The lowest BCUT2D eigenvalue weighted by Crippen LogP contribution is -2.43. The van der Waals surface area contributed by atoms with Crippen LogP contribution in [0.25, 0.3) is 0 Å². The van der Waals surface area contributed by atoms with Gasteiger partial charge in [0.2, 0.25) is 0 Å². The summed E-state index contributed by atoms with van der Waals surface area (Å²) in [4.78, 5) is 0. The van der Waals surface area contributed by atoms with Gasteiger partial charge in [-0.05, 0) is 22.0 Å². The number of rotatable bonds is 2. The van der Waals surface area contributed by atoms with Crippen LogP contribution in [0.3, 0.4) is 0 Å². The standard InChI is InChI=1S/C12H15BrF2O2Si/c1-18(2,3)11-8(14)6-7(9(13)10(11)15)12-16-4-5-17-12/h6,12H,4-5H2,1-3H3. The van der Waals surface area contributed by atoms with E-state index < -0.39 is 26.0 Å². The zero-order valence-corrected chi connectivity index (χ0v) is 13.1. The quantitative estimate of drug-likeness (QED) is 0.609. The molecule has 0 bridgehead atoms. The highest BCUT2D eigenvalue weighted by Crippen LogP contribution is 2.32. The Balaban J connectivity index is 2.54. The third-order valence-corrected chi connectivity index (χ3v) is 5.58. The Labute approximate surface area is 114 Å². The van der Waals surface area contributed by atoms with E-state index in [2.05, 4.69) is 15.9 Å². The third-order valence-electron chi connectivity index (χ3n) is 2.81. The smallest absolute Gasteiger partial charge is 0.185 e. The van der Waals surface area contributed by atoms with Gasteiger partial charge in [-0.25, -0.2) is 8.78 Å². The molecule has 100 valence electrons. The second kappa shape index (κ2) is 5.00. The van der Waals surface area contributed by atoms with E-state index in [9.17, 15) is 8.78 Å². The van der Waals surface area contributed by atoms with E-state index in [1.54, 1.807) is 0 Å². The van der Waals surface area contributed by atoms with Gasteiger partial charge in [0.25, 0.3) is 0 Å². The lowest BCUT2D eigenvalue weighted by Gasteiger charge is -2.21. The van der Waals surface area contributed by atoms with Gasteiger partial charge in [0.05, 0.1) is 25.8 Å². The van der Waals surface area contributed by atoms with Crippen molar-refractivity contribution >= 4 is 29.2 Å². The van der Waals surface area contributed by atoms with Crippen molar-refractivity contribution in [3.8, 4) is 0 Å². The fourth-order valence-corrected chi connectivity index (χ4v) is 4.27. The van der Waals surface area contributed by atoms with Gasteiger partial charge in [-0.1, -0.05) is 19.6 Å². The van der Waals surface area contributed by atoms with Crippen LogP contribution in [0.5, 0.6) is 0 Å². The summed E-state index contributed by atoms with van der Waals surface area (Å²) < 4.78 is 39.2. The van der Waals surface area contributed by atoms with Gasteiger partial charge < -0.3 is 9.47 Å². The highest BCUT2D eigenvalue weighted by Gasteiger charge is 2.31. The van der Waals surface area contributed by atoms with Crippen molar-refractivity contribution in [2.24, 2.45) is 0 Å². The van der Waals surface area contributed by atoms with Crippen molar-refractivity contribution in [2.75, 3.05) is 13.2 Å². The third kappa shape index (κ3) is 2.52. The Morgan fingerprint density at radius 2 is 1.78 bits per heavy atom. The molecule has 0 N–H and O–H groups in total. The topological polar surface area (TPSA) is 18.5 Å². The second-order valence-electron chi connectivity index (χ2n) is 5.27. The minimum Gasteiger partial charge on any atom is -0.346 e. The van der Waals surface area contributed by atoms with Crippen molar-refractivity contribution in [1.29, 1.82) is 0 Å². The van der Waals surface area contributed by atoms with Crippen LogP contribution in [0.15, 0.2) is 10.5 Å². The second-order valence-corrected chi connectivity index (χ2v) is 11.1. The zero-order valence-electron chi connectivity index (χ0n) is 10.5. The van der Waals surface area contributed by atoms with E-state index in [4.69, 9.17) is 9.47 Å². The van der Waals surface area contributed by atoms with Crippen molar-refractivity contribution in [3.05, 3.63) is 27.7 Å². The minimum atomic E-state index is -2.08. The van der Waals surface area contributed by atoms with Crippen LogP contribution in [-0.2, 0) is 9.47 Å². The summed E-state index contributed by atoms with van der Waals surface area (Å²) in [5.74, 6) is -1.03. The molecule has 0 saturated carbocycles. The fraction of sp³-hybridized carbons (Fsp3) is 0.500. The summed E-state index contributed by atoms with van der Waals surface area (Å²) in [6.07, 6.45) is -0.681. The molecule has 1 aromatic carbocycles. The van der Waals surface area contributed by atoms with E-state index in [-0.39, 0.29) is 9.66 Å². The average Bonchev–Trinajstić information content (AvgIpc) is 2.74. The molecule has 1 aliphatic rings. The Bertz CT molecular complexity index is 468. The number of hydrogen-bond donors (Lipinski definition) is 0. The van der Waals surface area contributed by atoms with E-state index in [0.717, 1.165) is 0 Å². The van der Waals surface area contributed by atoms with Crippen LogP contribution in [-0.4, -0.2) is 21.3 Å². The fourth-order valence-electron chi connectivity index (χ4n) is 2.01. The zero-order chi connectivity index (χ0) is 13.5. The molecule has 0 spiro atoms. The average molecular weight is 337 g/mol. The molecule has 0 atom stereocenters. The summed E-state index contributed by atoms with van der Waals surface area (Å²) in [6, 6.07) is 1.32. The molecule has 18 heavy (non-hydrogen) atoms. The first-order chi connectivity index (χ1) is 8.32. The Hall–Kier alpha value is -0.303. The van der Waals surface area contributed by atoms with Crippen LogP contribution in [0.2, 0.25) is 19.6 Å². The maximum Gasteiger partial charge on any atom is 0.185 e. The van der Waals surface area contributed by atoms with Crippen molar-refractivity contribution in [1.82, 2.24) is 0 Å². The minimum absolute atomic E-state index is 0.205. The van der Waals surface area contributed by atoms with Gasteiger partial charge in [-0.3, -0.25) is 0 Å². The number of halogens is 3. The maximum absolute atomic E-state index is 14.3. The molecule has 1 saturated heterocycles. The Kier molecular flexibility index (Phi) is 3.92.